The van der Waals surface area contributed by atoms with E-state index in [0.717, 1.165) is 22.9 Å². The van der Waals surface area contributed by atoms with Gasteiger partial charge in [0.25, 0.3) is 0 Å². The molecule has 0 bridgehead atoms. The van der Waals surface area contributed by atoms with Gasteiger partial charge in [-0.1, -0.05) is 42.0 Å². The number of hydrogen-bond acceptors (Lipinski definition) is 3. The zero-order valence-corrected chi connectivity index (χ0v) is 15.3. The van der Waals surface area contributed by atoms with Crippen molar-refractivity contribution in [2.75, 3.05) is 11.0 Å². The Balaban J connectivity index is 2.02. The highest BCUT2D eigenvalue weighted by Gasteiger charge is 2.09. The van der Waals surface area contributed by atoms with Crippen LogP contribution in [0.4, 0.5) is 5.69 Å². The number of anilines is 1. The number of aryl methyl sites for hydroxylation is 1. The highest BCUT2D eigenvalue weighted by Crippen LogP contribution is 2.18. The molecule has 5 nitrogen and oxygen atoms in total. The lowest BCUT2D eigenvalue weighted by Gasteiger charge is -2.14. The normalized spacial score (nSPS) is 12.8. The number of rotatable bonds is 6. The molecule has 0 saturated heterocycles. The first-order valence-corrected chi connectivity index (χ1v) is 9.75. The van der Waals surface area contributed by atoms with Gasteiger partial charge in [0.05, 0.1) is 12.3 Å². The molecule has 1 unspecified atom stereocenters. The fourth-order valence-electron chi connectivity index (χ4n) is 2.38. The summed E-state index contributed by atoms with van der Waals surface area (Å²) in [6.07, 6.45) is 4.35. The Morgan fingerprint density at radius 1 is 1.12 bits per heavy atom. The minimum atomic E-state index is -3.33. The van der Waals surface area contributed by atoms with Crippen molar-refractivity contribution >= 4 is 27.7 Å². The van der Waals surface area contributed by atoms with Crippen LogP contribution in [0.5, 0.6) is 0 Å². The van der Waals surface area contributed by atoms with Crippen LogP contribution in [0.15, 0.2) is 54.6 Å². The van der Waals surface area contributed by atoms with E-state index < -0.39 is 10.0 Å². The van der Waals surface area contributed by atoms with Crippen LogP contribution in [0.3, 0.4) is 0 Å². The first-order chi connectivity index (χ1) is 11.7. The summed E-state index contributed by atoms with van der Waals surface area (Å²) in [6, 6.07) is 14.6. The van der Waals surface area contributed by atoms with E-state index in [2.05, 4.69) is 10.0 Å². The monoisotopic (exact) mass is 358 g/mol. The van der Waals surface area contributed by atoms with Gasteiger partial charge in [-0.2, -0.15) is 0 Å². The minimum absolute atomic E-state index is 0.213. The lowest BCUT2D eigenvalue weighted by atomic mass is 10.1. The number of benzene rings is 2. The van der Waals surface area contributed by atoms with Crippen LogP contribution in [-0.4, -0.2) is 20.6 Å². The van der Waals surface area contributed by atoms with E-state index in [1.807, 2.05) is 44.2 Å². The average Bonchev–Trinajstić information content (AvgIpc) is 2.51. The largest absolute Gasteiger partial charge is 0.346 e. The third-order valence-electron chi connectivity index (χ3n) is 3.52. The number of carbonyl (C=O) groups excluding carboxylic acids is 1. The van der Waals surface area contributed by atoms with Gasteiger partial charge in [0.15, 0.2) is 0 Å². The smallest absolute Gasteiger partial charge is 0.244 e. The van der Waals surface area contributed by atoms with Gasteiger partial charge in [0.1, 0.15) is 0 Å². The van der Waals surface area contributed by atoms with Crippen molar-refractivity contribution in [1.82, 2.24) is 5.32 Å². The molecule has 0 aliphatic heterocycles. The van der Waals surface area contributed by atoms with Gasteiger partial charge < -0.3 is 5.32 Å². The van der Waals surface area contributed by atoms with E-state index in [1.165, 1.54) is 6.08 Å². The van der Waals surface area contributed by atoms with E-state index in [4.69, 9.17) is 0 Å². The predicted octanol–water partition coefficient (Wildman–Crippen LogP) is 3.26. The van der Waals surface area contributed by atoms with Gasteiger partial charge in [-0.15, -0.1) is 0 Å². The summed E-state index contributed by atoms with van der Waals surface area (Å²) >= 11 is 0. The summed E-state index contributed by atoms with van der Waals surface area (Å²) in [5.74, 6) is -0.213. The molecule has 0 aliphatic rings. The Morgan fingerprint density at radius 3 is 2.52 bits per heavy atom. The third-order valence-corrected chi connectivity index (χ3v) is 4.12. The molecule has 0 aromatic heterocycles. The first-order valence-electron chi connectivity index (χ1n) is 7.86. The van der Waals surface area contributed by atoms with Crippen molar-refractivity contribution in [2.45, 2.75) is 19.9 Å². The van der Waals surface area contributed by atoms with Gasteiger partial charge in [0, 0.05) is 11.8 Å². The zero-order chi connectivity index (χ0) is 18.4. The van der Waals surface area contributed by atoms with Gasteiger partial charge >= 0.3 is 0 Å². The Bertz CT molecular complexity index is 889. The molecule has 25 heavy (non-hydrogen) atoms. The molecule has 0 spiro atoms. The fraction of sp³-hybridized carbons (Fsp3) is 0.211. The molecule has 1 amide bonds. The molecule has 1 atom stereocenters. The molecule has 2 aromatic carbocycles. The van der Waals surface area contributed by atoms with Crippen molar-refractivity contribution in [1.29, 1.82) is 0 Å². The highest BCUT2D eigenvalue weighted by atomic mass is 32.2. The standard InChI is InChI=1S/C19H22N2O3S/c1-14-6-4-7-16(12-14)10-11-19(22)20-15(2)17-8-5-9-18(13-17)21-25(3,23)24/h4-13,15,21H,1-3H3,(H,20,22)/b11-10+. The Morgan fingerprint density at radius 2 is 1.84 bits per heavy atom. The summed E-state index contributed by atoms with van der Waals surface area (Å²) in [7, 11) is -3.33. The number of nitrogens with one attached hydrogen (secondary N) is 2. The van der Waals surface area contributed by atoms with E-state index >= 15 is 0 Å². The van der Waals surface area contributed by atoms with Crippen molar-refractivity contribution < 1.29 is 13.2 Å². The van der Waals surface area contributed by atoms with Crippen LogP contribution in [-0.2, 0) is 14.8 Å². The highest BCUT2D eigenvalue weighted by molar-refractivity contribution is 7.92. The van der Waals surface area contributed by atoms with Crippen LogP contribution in [0.1, 0.15) is 29.7 Å². The Labute approximate surface area is 148 Å². The zero-order valence-electron chi connectivity index (χ0n) is 14.5. The predicted molar refractivity (Wildman–Crippen MR) is 102 cm³/mol. The maximum absolute atomic E-state index is 12.1. The lowest BCUT2D eigenvalue weighted by molar-refractivity contribution is -0.117. The summed E-state index contributed by atoms with van der Waals surface area (Å²) in [5, 5.41) is 2.87. The molecular weight excluding hydrogens is 336 g/mol. The third kappa shape index (κ3) is 6.43. The molecule has 132 valence electrons. The first kappa shape index (κ1) is 18.7. The summed E-state index contributed by atoms with van der Waals surface area (Å²) in [4.78, 5) is 12.1. The quantitative estimate of drug-likeness (QED) is 0.778. The molecule has 2 N–H and O–H groups in total. The Hall–Kier alpha value is -2.60. The number of amides is 1. The number of hydrogen-bond donors (Lipinski definition) is 2. The topological polar surface area (TPSA) is 75.3 Å². The second kappa shape index (κ2) is 7.98. The molecule has 2 aromatic rings. The maximum atomic E-state index is 12.1. The van der Waals surface area contributed by atoms with Crippen LogP contribution in [0, 0.1) is 6.92 Å². The minimum Gasteiger partial charge on any atom is -0.346 e. The number of sulfonamides is 1. The summed E-state index contributed by atoms with van der Waals surface area (Å²) < 4.78 is 25.1. The van der Waals surface area contributed by atoms with Gasteiger partial charge in [-0.3, -0.25) is 9.52 Å². The van der Waals surface area contributed by atoms with Crippen molar-refractivity contribution in [3.05, 3.63) is 71.3 Å². The van der Waals surface area contributed by atoms with Crippen molar-refractivity contribution in [2.24, 2.45) is 0 Å². The molecule has 0 saturated carbocycles. The average molecular weight is 358 g/mol. The van der Waals surface area contributed by atoms with Crippen molar-refractivity contribution in [3.63, 3.8) is 0 Å². The molecule has 6 heteroatoms. The number of carbonyl (C=O) groups is 1. The molecule has 0 heterocycles. The lowest BCUT2D eigenvalue weighted by Crippen LogP contribution is -2.24. The Kier molecular flexibility index (Phi) is 5.98. The summed E-state index contributed by atoms with van der Waals surface area (Å²) in [5.41, 5.74) is 3.37. The van der Waals surface area contributed by atoms with Crippen molar-refractivity contribution in [3.8, 4) is 0 Å². The van der Waals surface area contributed by atoms with E-state index in [1.54, 1.807) is 24.3 Å². The van der Waals surface area contributed by atoms with E-state index in [9.17, 15) is 13.2 Å². The van der Waals surface area contributed by atoms with Gasteiger partial charge in [0.2, 0.25) is 15.9 Å². The van der Waals surface area contributed by atoms with E-state index in [-0.39, 0.29) is 11.9 Å². The van der Waals surface area contributed by atoms with E-state index in [0.29, 0.717) is 5.69 Å². The van der Waals surface area contributed by atoms with Crippen LogP contribution >= 0.6 is 0 Å². The summed E-state index contributed by atoms with van der Waals surface area (Å²) in [6.45, 7) is 3.84. The molecule has 2 rings (SSSR count). The van der Waals surface area contributed by atoms with Crippen LogP contribution in [0.2, 0.25) is 0 Å². The second-order valence-electron chi connectivity index (χ2n) is 5.98. The van der Waals surface area contributed by atoms with Gasteiger partial charge in [-0.25, -0.2) is 8.42 Å². The van der Waals surface area contributed by atoms with Crippen LogP contribution < -0.4 is 10.0 Å². The fourth-order valence-corrected chi connectivity index (χ4v) is 2.93. The second-order valence-corrected chi connectivity index (χ2v) is 7.73. The van der Waals surface area contributed by atoms with Crippen LogP contribution in [0.25, 0.3) is 6.08 Å². The maximum Gasteiger partial charge on any atom is 0.244 e. The van der Waals surface area contributed by atoms with Gasteiger partial charge in [-0.05, 0) is 43.2 Å². The molecular formula is C19H22N2O3S. The SMILES string of the molecule is Cc1cccc(/C=C/C(=O)NC(C)c2cccc(NS(C)(=O)=O)c2)c1. The molecule has 0 radical (unpaired) electrons. The molecule has 0 aliphatic carbocycles. The molecule has 0 fully saturated rings.